The van der Waals surface area contributed by atoms with Crippen LogP contribution in [-0.2, 0) is 4.74 Å². The molecule has 1 unspecified atom stereocenters. The third kappa shape index (κ3) is 3.30. The number of hydrogen-bond acceptors (Lipinski definition) is 3. The van der Waals surface area contributed by atoms with Gasteiger partial charge in [0, 0.05) is 31.5 Å². The lowest BCUT2D eigenvalue weighted by Crippen LogP contribution is -2.14. The molecular weight excluding hydrogens is 214 g/mol. The van der Waals surface area contributed by atoms with E-state index in [4.69, 9.17) is 10.5 Å². The molecule has 0 amide bonds. The summed E-state index contributed by atoms with van der Waals surface area (Å²) in [4.78, 5) is 7.81. The average Bonchev–Trinajstić information content (AvgIpc) is 2.86. The molecule has 0 radical (unpaired) electrons. The fraction of sp³-hybridized carbons (Fsp3) is 0.769. The van der Waals surface area contributed by atoms with Gasteiger partial charge in [-0.05, 0) is 19.3 Å². The first-order valence-electron chi connectivity index (χ1n) is 6.60. The number of rotatable bonds is 5. The molecule has 1 aliphatic carbocycles. The molecule has 17 heavy (non-hydrogen) atoms. The molecule has 4 nitrogen and oxygen atoms in total. The molecule has 1 aromatic rings. The Hall–Kier alpha value is -0.870. The Morgan fingerprint density at radius 3 is 2.94 bits per heavy atom. The first-order valence-corrected chi connectivity index (χ1v) is 6.60. The zero-order valence-electron chi connectivity index (χ0n) is 10.6. The summed E-state index contributed by atoms with van der Waals surface area (Å²) in [5.74, 6) is 1.57. The average molecular weight is 237 g/mol. The molecular formula is C13H23N3O. The summed E-state index contributed by atoms with van der Waals surface area (Å²) in [6.45, 7) is 0.681. The van der Waals surface area contributed by atoms with E-state index in [0.29, 0.717) is 12.5 Å². The van der Waals surface area contributed by atoms with Gasteiger partial charge >= 0.3 is 0 Å². The number of ether oxygens (including phenoxy) is 1. The predicted molar refractivity (Wildman–Crippen MR) is 67.8 cm³/mol. The highest BCUT2D eigenvalue weighted by atomic mass is 16.5. The van der Waals surface area contributed by atoms with Gasteiger partial charge in [-0.2, -0.15) is 0 Å². The second kappa shape index (κ2) is 6.17. The minimum atomic E-state index is -0.0349. The van der Waals surface area contributed by atoms with Crippen LogP contribution in [0.15, 0.2) is 6.20 Å². The Bertz CT molecular complexity index is 331. The molecule has 3 N–H and O–H groups in total. The van der Waals surface area contributed by atoms with Gasteiger partial charge in [-0.15, -0.1) is 0 Å². The first kappa shape index (κ1) is 12.6. The van der Waals surface area contributed by atoms with Crippen LogP contribution in [0.2, 0.25) is 0 Å². The lowest BCUT2D eigenvalue weighted by molar-refractivity contribution is 0.187. The van der Waals surface area contributed by atoms with Gasteiger partial charge in [0.05, 0.1) is 6.04 Å². The Morgan fingerprint density at radius 1 is 1.47 bits per heavy atom. The summed E-state index contributed by atoms with van der Waals surface area (Å²) in [6.07, 6.45) is 9.42. The molecule has 96 valence electrons. The summed E-state index contributed by atoms with van der Waals surface area (Å²) in [6, 6.07) is -0.0349. The van der Waals surface area contributed by atoms with E-state index < -0.39 is 0 Å². The van der Waals surface area contributed by atoms with Crippen molar-refractivity contribution in [3.63, 3.8) is 0 Å². The molecule has 4 heteroatoms. The van der Waals surface area contributed by atoms with Gasteiger partial charge in [-0.25, -0.2) is 4.98 Å². The van der Waals surface area contributed by atoms with Crippen molar-refractivity contribution in [1.29, 1.82) is 0 Å². The van der Waals surface area contributed by atoms with E-state index in [1.165, 1.54) is 37.8 Å². The standard InChI is InChI=1S/C13H23N3O/c1-17-8-7-11(14)13-15-9-12(16-13)10-5-3-2-4-6-10/h9-11H,2-8,14H2,1H3,(H,15,16). The van der Waals surface area contributed by atoms with Crippen molar-refractivity contribution >= 4 is 0 Å². The summed E-state index contributed by atoms with van der Waals surface area (Å²) < 4.78 is 5.04. The monoisotopic (exact) mass is 237 g/mol. The second-order valence-electron chi connectivity index (χ2n) is 4.95. The van der Waals surface area contributed by atoms with E-state index in [-0.39, 0.29) is 6.04 Å². The molecule has 0 aliphatic heterocycles. The van der Waals surface area contributed by atoms with Crippen LogP contribution in [-0.4, -0.2) is 23.7 Å². The third-order valence-corrected chi connectivity index (χ3v) is 3.64. The number of nitrogens with two attached hydrogens (primary N) is 1. The summed E-state index contributed by atoms with van der Waals surface area (Å²) in [7, 11) is 1.70. The van der Waals surface area contributed by atoms with E-state index in [1.807, 2.05) is 6.20 Å². The molecule has 1 aromatic heterocycles. The molecule has 0 spiro atoms. The van der Waals surface area contributed by atoms with Crippen LogP contribution in [0.3, 0.4) is 0 Å². The van der Waals surface area contributed by atoms with Gasteiger partial charge in [-0.1, -0.05) is 19.3 Å². The predicted octanol–water partition coefficient (Wildman–Crippen LogP) is 2.49. The van der Waals surface area contributed by atoms with Crippen molar-refractivity contribution in [2.45, 2.75) is 50.5 Å². The van der Waals surface area contributed by atoms with Crippen molar-refractivity contribution in [1.82, 2.24) is 9.97 Å². The van der Waals surface area contributed by atoms with E-state index in [1.54, 1.807) is 7.11 Å². The molecule has 0 saturated heterocycles. The van der Waals surface area contributed by atoms with E-state index in [2.05, 4.69) is 9.97 Å². The first-order chi connectivity index (χ1) is 8.31. The number of aromatic amines is 1. The molecule has 0 bridgehead atoms. The fourth-order valence-electron chi connectivity index (χ4n) is 2.54. The van der Waals surface area contributed by atoms with Crippen LogP contribution >= 0.6 is 0 Å². The number of aromatic nitrogens is 2. The van der Waals surface area contributed by atoms with Gasteiger partial charge in [0.1, 0.15) is 5.82 Å². The minimum Gasteiger partial charge on any atom is -0.385 e. The third-order valence-electron chi connectivity index (χ3n) is 3.64. The normalized spacial score (nSPS) is 19.4. The van der Waals surface area contributed by atoms with Crippen LogP contribution in [0.1, 0.15) is 62.0 Å². The van der Waals surface area contributed by atoms with E-state index in [0.717, 1.165) is 12.2 Å². The zero-order valence-corrected chi connectivity index (χ0v) is 10.6. The molecule has 1 atom stereocenters. The lowest BCUT2D eigenvalue weighted by Gasteiger charge is -2.20. The molecule has 0 aromatic carbocycles. The fourth-order valence-corrected chi connectivity index (χ4v) is 2.54. The number of nitrogens with zero attached hydrogens (tertiary/aromatic N) is 1. The molecule has 1 heterocycles. The zero-order chi connectivity index (χ0) is 12.1. The van der Waals surface area contributed by atoms with Crippen molar-refractivity contribution < 1.29 is 4.74 Å². The van der Waals surface area contributed by atoms with Gasteiger partial charge in [0.15, 0.2) is 0 Å². The SMILES string of the molecule is COCCC(N)c1ncc(C2CCCCC2)[nH]1. The van der Waals surface area contributed by atoms with Crippen molar-refractivity contribution in [2.24, 2.45) is 5.73 Å². The van der Waals surface area contributed by atoms with Gasteiger partial charge in [0.2, 0.25) is 0 Å². The Balaban J connectivity index is 1.94. The molecule has 2 rings (SSSR count). The molecule has 1 aliphatic rings. The lowest BCUT2D eigenvalue weighted by atomic mass is 9.87. The maximum Gasteiger partial charge on any atom is 0.123 e. The Morgan fingerprint density at radius 2 is 2.24 bits per heavy atom. The van der Waals surface area contributed by atoms with Crippen molar-refractivity contribution in [3.05, 3.63) is 17.7 Å². The van der Waals surface area contributed by atoms with Gasteiger partial charge in [-0.3, -0.25) is 0 Å². The van der Waals surface area contributed by atoms with Crippen LogP contribution < -0.4 is 5.73 Å². The maximum absolute atomic E-state index is 6.05. The number of methoxy groups -OCH3 is 1. The van der Waals surface area contributed by atoms with Crippen LogP contribution in [0, 0.1) is 0 Å². The number of imidazole rings is 1. The second-order valence-corrected chi connectivity index (χ2v) is 4.95. The number of hydrogen-bond donors (Lipinski definition) is 2. The Kier molecular flexibility index (Phi) is 4.57. The number of H-pyrrole nitrogens is 1. The van der Waals surface area contributed by atoms with E-state index >= 15 is 0 Å². The maximum atomic E-state index is 6.05. The highest BCUT2D eigenvalue weighted by Gasteiger charge is 2.18. The van der Waals surface area contributed by atoms with Crippen molar-refractivity contribution in [3.8, 4) is 0 Å². The van der Waals surface area contributed by atoms with Gasteiger partial charge < -0.3 is 15.5 Å². The summed E-state index contributed by atoms with van der Waals surface area (Å²) in [5, 5.41) is 0. The van der Waals surface area contributed by atoms with E-state index in [9.17, 15) is 0 Å². The Labute approximate surface area is 103 Å². The van der Waals surface area contributed by atoms with Crippen LogP contribution in [0.25, 0.3) is 0 Å². The highest BCUT2D eigenvalue weighted by molar-refractivity contribution is 5.10. The number of nitrogens with one attached hydrogen (secondary N) is 1. The van der Waals surface area contributed by atoms with Crippen LogP contribution in [0.5, 0.6) is 0 Å². The topological polar surface area (TPSA) is 63.9 Å². The quantitative estimate of drug-likeness (QED) is 0.827. The largest absolute Gasteiger partial charge is 0.385 e. The smallest absolute Gasteiger partial charge is 0.123 e. The summed E-state index contributed by atoms with van der Waals surface area (Å²) >= 11 is 0. The van der Waals surface area contributed by atoms with Crippen LogP contribution in [0.4, 0.5) is 0 Å². The molecule has 1 fully saturated rings. The van der Waals surface area contributed by atoms with Crippen molar-refractivity contribution in [2.75, 3.05) is 13.7 Å². The van der Waals surface area contributed by atoms with Gasteiger partial charge in [0.25, 0.3) is 0 Å². The molecule has 1 saturated carbocycles. The highest BCUT2D eigenvalue weighted by Crippen LogP contribution is 2.31. The minimum absolute atomic E-state index is 0.0349. The summed E-state index contributed by atoms with van der Waals surface area (Å²) in [5.41, 5.74) is 7.32.